The predicted molar refractivity (Wildman–Crippen MR) is 88.0 cm³/mol. The maximum atomic E-state index is 5.51. The zero-order valence-electron chi connectivity index (χ0n) is 14.1. The van der Waals surface area contributed by atoms with Gasteiger partial charge in [-0.05, 0) is 41.7 Å². The first-order chi connectivity index (χ1) is 9.40. The summed E-state index contributed by atoms with van der Waals surface area (Å²) in [6.45, 7) is 11.2. The molecule has 0 spiro atoms. The third kappa shape index (κ3) is 5.28. The van der Waals surface area contributed by atoms with Gasteiger partial charge in [0.1, 0.15) is 0 Å². The van der Waals surface area contributed by atoms with Crippen LogP contribution in [0.1, 0.15) is 65.0 Å². The molecule has 0 aromatic heterocycles. The Kier molecular flexibility index (Phi) is 6.75. The molecule has 20 heavy (non-hydrogen) atoms. The van der Waals surface area contributed by atoms with Gasteiger partial charge in [0.15, 0.2) is 0 Å². The van der Waals surface area contributed by atoms with Crippen LogP contribution in [-0.4, -0.2) is 13.2 Å². The van der Waals surface area contributed by atoms with E-state index >= 15 is 0 Å². The van der Waals surface area contributed by atoms with Crippen LogP contribution in [0.2, 0.25) is 0 Å². The van der Waals surface area contributed by atoms with E-state index in [2.05, 4.69) is 65.3 Å². The highest BCUT2D eigenvalue weighted by Gasteiger charge is 2.16. The lowest BCUT2D eigenvalue weighted by Gasteiger charge is -2.22. The minimum Gasteiger partial charge on any atom is -0.381 e. The van der Waals surface area contributed by atoms with Crippen molar-refractivity contribution in [2.75, 3.05) is 7.11 Å². The van der Waals surface area contributed by atoms with Crippen molar-refractivity contribution >= 4 is 0 Å². The van der Waals surface area contributed by atoms with Gasteiger partial charge in [-0.2, -0.15) is 0 Å². The lowest BCUT2D eigenvalue weighted by Crippen LogP contribution is -2.16. The molecule has 0 N–H and O–H groups in total. The van der Waals surface area contributed by atoms with E-state index < -0.39 is 0 Å². The van der Waals surface area contributed by atoms with Gasteiger partial charge in [0.05, 0.1) is 6.10 Å². The topological polar surface area (TPSA) is 9.23 Å². The zero-order chi connectivity index (χ0) is 15.2. The number of benzene rings is 1. The molecular formula is C19H31O. The van der Waals surface area contributed by atoms with Gasteiger partial charge >= 0.3 is 0 Å². The van der Waals surface area contributed by atoms with E-state index in [1.54, 1.807) is 0 Å². The fourth-order valence-electron chi connectivity index (χ4n) is 2.49. The summed E-state index contributed by atoms with van der Waals surface area (Å²) in [5, 5.41) is 0. The Morgan fingerprint density at radius 1 is 1.05 bits per heavy atom. The lowest BCUT2D eigenvalue weighted by molar-refractivity contribution is 0.0807. The van der Waals surface area contributed by atoms with Gasteiger partial charge in [0.25, 0.3) is 0 Å². The van der Waals surface area contributed by atoms with E-state index in [1.807, 2.05) is 7.11 Å². The molecule has 0 saturated heterocycles. The normalized spacial score (nSPS) is 15.1. The summed E-state index contributed by atoms with van der Waals surface area (Å²) in [4.78, 5) is 0. The van der Waals surface area contributed by atoms with Gasteiger partial charge < -0.3 is 4.74 Å². The molecule has 1 aromatic carbocycles. The summed E-state index contributed by atoms with van der Waals surface area (Å²) in [6.07, 6.45) is 6.15. The van der Waals surface area contributed by atoms with E-state index in [4.69, 9.17) is 4.74 Å². The van der Waals surface area contributed by atoms with E-state index in [0.717, 1.165) is 12.8 Å². The van der Waals surface area contributed by atoms with Crippen LogP contribution < -0.4 is 0 Å². The predicted octanol–water partition coefficient (Wildman–Crippen LogP) is 5.38. The van der Waals surface area contributed by atoms with Crippen molar-refractivity contribution in [3.63, 3.8) is 0 Å². The van der Waals surface area contributed by atoms with Crippen molar-refractivity contribution < 1.29 is 4.74 Å². The van der Waals surface area contributed by atoms with Crippen LogP contribution in [0.15, 0.2) is 24.3 Å². The van der Waals surface area contributed by atoms with Crippen LogP contribution >= 0.6 is 0 Å². The molecule has 1 heteroatoms. The molecular weight excluding hydrogens is 244 g/mol. The Balaban J connectivity index is 2.66. The molecule has 0 aliphatic carbocycles. The number of rotatable bonds is 7. The second-order valence-corrected chi connectivity index (χ2v) is 6.71. The second-order valence-electron chi connectivity index (χ2n) is 6.71. The highest BCUT2D eigenvalue weighted by Crippen LogP contribution is 2.25. The SMILES string of the molecule is CCC([CH]c1ccc(C(C)(C)C)cc1)CC(CC)OC. The largest absolute Gasteiger partial charge is 0.381 e. The Hall–Kier alpha value is -0.820. The molecule has 1 aromatic rings. The third-order valence-electron chi connectivity index (χ3n) is 4.08. The van der Waals surface area contributed by atoms with Crippen molar-refractivity contribution in [1.82, 2.24) is 0 Å². The quantitative estimate of drug-likeness (QED) is 0.649. The van der Waals surface area contributed by atoms with E-state index in [0.29, 0.717) is 12.0 Å². The first-order valence-corrected chi connectivity index (χ1v) is 7.88. The molecule has 0 heterocycles. The first-order valence-electron chi connectivity index (χ1n) is 7.88. The van der Waals surface area contributed by atoms with Gasteiger partial charge in [-0.3, -0.25) is 0 Å². The molecule has 0 amide bonds. The molecule has 0 aliphatic heterocycles. The summed E-state index contributed by atoms with van der Waals surface area (Å²) >= 11 is 0. The smallest absolute Gasteiger partial charge is 0.0571 e. The number of ether oxygens (including phenoxy) is 1. The summed E-state index contributed by atoms with van der Waals surface area (Å²) in [5.74, 6) is 0.598. The summed E-state index contributed by atoms with van der Waals surface area (Å²) in [7, 11) is 1.82. The molecule has 2 atom stereocenters. The molecule has 1 nitrogen and oxygen atoms in total. The van der Waals surface area contributed by atoms with Gasteiger partial charge in [0.2, 0.25) is 0 Å². The van der Waals surface area contributed by atoms with Crippen LogP contribution in [0.4, 0.5) is 0 Å². The Labute approximate surface area is 125 Å². The molecule has 113 valence electrons. The summed E-state index contributed by atoms with van der Waals surface area (Å²) < 4.78 is 5.51. The number of hydrogen-bond donors (Lipinski definition) is 0. The van der Waals surface area contributed by atoms with Crippen LogP contribution in [0, 0.1) is 12.3 Å². The van der Waals surface area contributed by atoms with Crippen molar-refractivity contribution in [2.24, 2.45) is 5.92 Å². The number of methoxy groups -OCH3 is 1. The van der Waals surface area contributed by atoms with Crippen molar-refractivity contribution in [2.45, 2.75) is 65.4 Å². The molecule has 1 radical (unpaired) electrons. The van der Waals surface area contributed by atoms with Gasteiger partial charge in [-0.25, -0.2) is 0 Å². The van der Waals surface area contributed by atoms with Crippen LogP contribution in [-0.2, 0) is 10.2 Å². The third-order valence-corrected chi connectivity index (χ3v) is 4.08. The zero-order valence-corrected chi connectivity index (χ0v) is 14.1. The van der Waals surface area contributed by atoms with Crippen LogP contribution in [0.3, 0.4) is 0 Å². The van der Waals surface area contributed by atoms with Gasteiger partial charge in [-0.15, -0.1) is 0 Å². The summed E-state index contributed by atoms with van der Waals surface area (Å²) in [6, 6.07) is 9.01. The maximum Gasteiger partial charge on any atom is 0.0571 e. The number of hydrogen-bond acceptors (Lipinski definition) is 1. The lowest BCUT2D eigenvalue weighted by atomic mass is 9.85. The van der Waals surface area contributed by atoms with Gasteiger partial charge in [0, 0.05) is 7.11 Å². The Morgan fingerprint density at radius 3 is 2.05 bits per heavy atom. The molecule has 2 unspecified atom stereocenters. The van der Waals surface area contributed by atoms with Crippen molar-refractivity contribution in [1.29, 1.82) is 0 Å². The average molecular weight is 275 g/mol. The van der Waals surface area contributed by atoms with Gasteiger partial charge in [-0.1, -0.05) is 65.3 Å². The Bertz CT molecular complexity index is 368. The highest BCUT2D eigenvalue weighted by atomic mass is 16.5. The molecule has 0 saturated carbocycles. The molecule has 1 rings (SSSR count). The fourth-order valence-corrected chi connectivity index (χ4v) is 2.49. The van der Waals surface area contributed by atoms with E-state index in [1.165, 1.54) is 17.5 Å². The van der Waals surface area contributed by atoms with Crippen LogP contribution in [0.25, 0.3) is 0 Å². The second kappa shape index (κ2) is 7.83. The first kappa shape index (κ1) is 17.2. The summed E-state index contributed by atoms with van der Waals surface area (Å²) in [5.41, 5.74) is 2.95. The van der Waals surface area contributed by atoms with Crippen LogP contribution in [0.5, 0.6) is 0 Å². The maximum absolute atomic E-state index is 5.51. The monoisotopic (exact) mass is 275 g/mol. The average Bonchev–Trinajstić information content (AvgIpc) is 2.43. The molecule has 0 bridgehead atoms. The molecule has 0 fully saturated rings. The molecule has 0 aliphatic rings. The van der Waals surface area contributed by atoms with Crippen molar-refractivity contribution in [3.8, 4) is 0 Å². The fraction of sp³-hybridized carbons (Fsp3) is 0.632. The van der Waals surface area contributed by atoms with E-state index in [9.17, 15) is 0 Å². The Morgan fingerprint density at radius 2 is 1.65 bits per heavy atom. The highest BCUT2D eigenvalue weighted by molar-refractivity contribution is 5.31. The van der Waals surface area contributed by atoms with Crippen molar-refractivity contribution in [3.05, 3.63) is 41.8 Å². The standard InChI is InChI=1S/C19H31O/c1-7-15(14-18(8-2)20-6)13-16-9-11-17(12-10-16)19(3,4)5/h9-13,15,18H,7-8,14H2,1-6H3. The van der Waals surface area contributed by atoms with E-state index in [-0.39, 0.29) is 5.41 Å². The minimum atomic E-state index is 0.228. The minimum absolute atomic E-state index is 0.228.